The Morgan fingerprint density at radius 2 is 1.87 bits per heavy atom. The van der Waals surface area contributed by atoms with Gasteiger partial charge in [-0.3, -0.25) is 0 Å². The van der Waals surface area contributed by atoms with Crippen molar-refractivity contribution in [3.63, 3.8) is 0 Å². The van der Waals surface area contributed by atoms with E-state index in [1.807, 2.05) is 0 Å². The Bertz CT molecular complexity index is 378. The van der Waals surface area contributed by atoms with Crippen LogP contribution >= 0.6 is 0 Å². The molecule has 1 aromatic carbocycles. The molecule has 0 bridgehead atoms. The summed E-state index contributed by atoms with van der Waals surface area (Å²) in [5, 5.41) is 26.0. The van der Waals surface area contributed by atoms with Gasteiger partial charge in [0.2, 0.25) is 0 Å². The molecular weight excluding hydrogens is 204 g/mol. The monoisotopic (exact) mass is 213 g/mol. The van der Waals surface area contributed by atoms with Crippen molar-refractivity contribution in [1.82, 2.24) is 0 Å². The van der Waals surface area contributed by atoms with Crippen LogP contribution in [0.3, 0.4) is 0 Å². The van der Waals surface area contributed by atoms with Crippen molar-refractivity contribution in [1.29, 1.82) is 5.26 Å². The number of halogens is 2. The highest BCUT2D eigenvalue weighted by molar-refractivity contribution is 5.35. The molecule has 0 saturated heterocycles. The summed E-state index contributed by atoms with van der Waals surface area (Å²) in [5.41, 5.74) is -0.442. The largest absolute Gasteiger partial charge is 0.394 e. The van der Waals surface area contributed by atoms with E-state index >= 15 is 0 Å². The van der Waals surface area contributed by atoms with Gasteiger partial charge >= 0.3 is 0 Å². The molecule has 2 N–H and O–H groups in total. The van der Waals surface area contributed by atoms with Crippen LogP contribution in [0, 0.1) is 23.0 Å². The molecule has 0 heterocycles. The van der Waals surface area contributed by atoms with Crippen LogP contribution in [-0.2, 0) is 6.42 Å². The summed E-state index contributed by atoms with van der Waals surface area (Å²) < 4.78 is 26.1. The first-order valence-corrected chi connectivity index (χ1v) is 4.25. The lowest BCUT2D eigenvalue weighted by atomic mass is 10.1. The molecule has 0 aliphatic heterocycles. The minimum Gasteiger partial charge on any atom is -0.394 e. The Morgan fingerprint density at radius 1 is 1.33 bits per heavy atom. The summed E-state index contributed by atoms with van der Waals surface area (Å²) in [6.07, 6.45) is -1.12. The molecule has 80 valence electrons. The van der Waals surface area contributed by atoms with Crippen molar-refractivity contribution < 1.29 is 19.0 Å². The number of hydrogen-bond donors (Lipinski definition) is 2. The van der Waals surface area contributed by atoms with Gasteiger partial charge in [0.25, 0.3) is 0 Å². The van der Waals surface area contributed by atoms with E-state index in [9.17, 15) is 8.78 Å². The van der Waals surface area contributed by atoms with Gasteiger partial charge in [0.1, 0.15) is 23.3 Å². The Balaban J connectivity index is 3.00. The minimum absolute atomic E-state index is 0.0595. The van der Waals surface area contributed by atoms with Crippen LogP contribution in [0.25, 0.3) is 0 Å². The molecule has 1 atom stereocenters. The van der Waals surface area contributed by atoms with Gasteiger partial charge in [-0.05, 0) is 17.7 Å². The number of aliphatic hydroxyl groups is 2. The van der Waals surface area contributed by atoms with Crippen molar-refractivity contribution in [2.24, 2.45) is 0 Å². The summed E-state index contributed by atoms with van der Waals surface area (Å²) in [5.74, 6) is -1.92. The van der Waals surface area contributed by atoms with Gasteiger partial charge in [0, 0.05) is 6.42 Å². The van der Waals surface area contributed by atoms with E-state index in [0.29, 0.717) is 0 Å². The molecule has 0 unspecified atom stereocenters. The second-order valence-corrected chi connectivity index (χ2v) is 3.09. The smallest absolute Gasteiger partial charge is 0.144 e. The Labute approximate surface area is 85.2 Å². The van der Waals surface area contributed by atoms with Gasteiger partial charge in [-0.15, -0.1) is 0 Å². The standard InChI is InChI=1S/C10H9F2NO2/c11-9-2-6(1-7(15)5-14)3-10(12)8(9)4-13/h2-3,7,14-15H,1,5H2/t7-/m1/s1. The van der Waals surface area contributed by atoms with Crippen molar-refractivity contribution in [2.45, 2.75) is 12.5 Å². The maximum atomic E-state index is 13.1. The Hall–Kier alpha value is -1.51. The van der Waals surface area contributed by atoms with Crippen LogP contribution in [0.2, 0.25) is 0 Å². The fraction of sp³-hybridized carbons (Fsp3) is 0.300. The van der Waals surface area contributed by atoms with Gasteiger partial charge in [0.05, 0.1) is 12.7 Å². The van der Waals surface area contributed by atoms with Crippen molar-refractivity contribution in [3.8, 4) is 6.07 Å². The Morgan fingerprint density at radius 3 is 2.27 bits per heavy atom. The zero-order chi connectivity index (χ0) is 11.4. The molecule has 0 aliphatic rings. The quantitative estimate of drug-likeness (QED) is 0.778. The maximum Gasteiger partial charge on any atom is 0.144 e. The first-order valence-electron chi connectivity index (χ1n) is 4.25. The van der Waals surface area contributed by atoms with Crippen LogP contribution in [0.15, 0.2) is 12.1 Å². The molecule has 0 aliphatic carbocycles. The summed E-state index contributed by atoms with van der Waals surface area (Å²) in [7, 11) is 0. The highest BCUT2D eigenvalue weighted by atomic mass is 19.1. The first kappa shape index (κ1) is 11.6. The summed E-state index contributed by atoms with van der Waals surface area (Å²) in [4.78, 5) is 0. The molecule has 1 rings (SSSR count). The first-order chi connectivity index (χ1) is 7.08. The van der Waals surface area contributed by atoms with Crippen LogP contribution in [0.1, 0.15) is 11.1 Å². The molecule has 1 aromatic rings. The minimum atomic E-state index is -1.06. The number of nitriles is 1. The topological polar surface area (TPSA) is 64.2 Å². The number of rotatable bonds is 3. The second-order valence-electron chi connectivity index (χ2n) is 3.09. The van der Waals surface area contributed by atoms with E-state index in [2.05, 4.69) is 0 Å². The molecule has 0 fully saturated rings. The molecular formula is C10H9F2NO2. The maximum absolute atomic E-state index is 13.1. The molecule has 3 nitrogen and oxygen atoms in total. The molecule has 0 saturated carbocycles. The number of benzene rings is 1. The lowest BCUT2D eigenvalue weighted by Gasteiger charge is -2.07. The molecule has 15 heavy (non-hydrogen) atoms. The Kier molecular flexibility index (Phi) is 3.72. The van der Waals surface area contributed by atoms with Crippen molar-refractivity contribution >= 4 is 0 Å². The van der Waals surface area contributed by atoms with Crippen molar-refractivity contribution in [3.05, 3.63) is 34.9 Å². The van der Waals surface area contributed by atoms with Gasteiger partial charge < -0.3 is 10.2 Å². The van der Waals surface area contributed by atoms with E-state index in [1.165, 1.54) is 6.07 Å². The van der Waals surface area contributed by atoms with Gasteiger partial charge in [0.15, 0.2) is 0 Å². The van der Waals surface area contributed by atoms with E-state index in [1.54, 1.807) is 0 Å². The number of nitrogens with zero attached hydrogens (tertiary/aromatic N) is 1. The van der Waals surface area contributed by atoms with Crippen LogP contribution in [0.5, 0.6) is 0 Å². The van der Waals surface area contributed by atoms with Crippen LogP contribution in [0.4, 0.5) is 8.78 Å². The van der Waals surface area contributed by atoms with E-state index < -0.39 is 29.9 Å². The van der Waals surface area contributed by atoms with Crippen LogP contribution in [-0.4, -0.2) is 22.9 Å². The highest BCUT2D eigenvalue weighted by Crippen LogP contribution is 2.15. The summed E-state index contributed by atoms with van der Waals surface area (Å²) in [6.45, 7) is -0.483. The highest BCUT2D eigenvalue weighted by Gasteiger charge is 2.12. The van der Waals surface area contributed by atoms with Crippen molar-refractivity contribution in [2.75, 3.05) is 6.61 Å². The third-order valence-electron chi connectivity index (χ3n) is 1.90. The summed E-state index contributed by atoms with van der Waals surface area (Å²) in [6, 6.07) is 3.34. The lowest BCUT2D eigenvalue weighted by molar-refractivity contribution is 0.0954. The number of aliphatic hydroxyl groups excluding tert-OH is 2. The molecule has 5 heteroatoms. The molecule has 0 amide bonds. The predicted octanol–water partition coefficient (Wildman–Crippen LogP) is 0.732. The average molecular weight is 213 g/mol. The van der Waals surface area contributed by atoms with Gasteiger partial charge in [-0.2, -0.15) is 5.26 Å². The van der Waals surface area contributed by atoms with E-state index in [0.717, 1.165) is 12.1 Å². The third kappa shape index (κ3) is 2.72. The van der Waals surface area contributed by atoms with E-state index in [4.69, 9.17) is 15.5 Å². The molecule has 0 radical (unpaired) electrons. The summed E-state index contributed by atoms with van der Waals surface area (Å²) >= 11 is 0. The molecule has 0 spiro atoms. The van der Waals surface area contributed by atoms with Gasteiger partial charge in [-0.1, -0.05) is 0 Å². The fourth-order valence-corrected chi connectivity index (χ4v) is 1.19. The SMILES string of the molecule is N#Cc1c(F)cc(C[C@@H](O)CO)cc1F. The average Bonchev–Trinajstić information content (AvgIpc) is 2.17. The lowest BCUT2D eigenvalue weighted by Crippen LogP contribution is -2.15. The number of hydrogen-bond acceptors (Lipinski definition) is 3. The predicted molar refractivity (Wildman–Crippen MR) is 47.9 cm³/mol. The third-order valence-corrected chi connectivity index (χ3v) is 1.90. The zero-order valence-corrected chi connectivity index (χ0v) is 7.74. The fourth-order valence-electron chi connectivity index (χ4n) is 1.19. The second kappa shape index (κ2) is 4.82. The normalized spacial score (nSPS) is 12.2. The van der Waals surface area contributed by atoms with Crippen LogP contribution < -0.4 is 0 Å². The zero-order valence-electron chi connectivity index (χ0n) is 7.74. The van der Waals surface area contributed by atoms with Gasteiger partial charge in [-0.25, -0.2) is 8.78 Å². The molecule has 0 aromatic heterocycles. The van der Waals surface area contributed by atoms with E-state index in [-0.39, 0.29) is 12.0 Å².